The lowest BCUT2D eigenvalue weighted by Gasteiger charge is -2.06. The minimum atomic E-state index is -0.926. The molecule has 1 heterocycles. The number of hydrogen-bond acceptors (Lipinski definition) is 3. The van der Waals surface area contributed by atoms with Gasteiger partial charge < -0.3 is 10.4 Å². The standard InChI is InChI=1S/C17H17NO3S/c19-16(15-14(8-10-22-15)12-5-6-12)18-9-7-11-1-3-13(4-2-11)17(20)21/h1-4,8,10,12H,5-7,9H2,(H,18,19)(H,20,21). The van der Waals surface area contributed by atoms with Gasteiger partial charge in [0.15, 0.2) is 0 Å². The van der Waals surface area contributed by atoms with Gasteiger partial charge in [0.05, 0.1) is 10.4 Å². The Bertz CT molecular complexity index is 686. The Morgan fingerprint density at radius 1 is 1.18 bits per heavy atom. The lowest BCUT2D eigenvalue weighted by atomic mass is 10.1. The second-order valence-corrected chi connectivity index (χ2v) is 6.40. The van der Waals surface area contributed by atoms with Crippen molar-refractivity contribution in [3.05, 3.63) is 57.3 Å². The third kappa shape index (κ3) is 3.36. The number of hydrogen-bond donors (Lipinski definition) is 2. The predicted molar refractivity (Wildman–Crippen MR) is 85.7 cm³/mol. The first-order chi connectivity index (χ1) is 10.6. The average molecular weight is 315 g/mol. The van der Waals surface area contributed by atoms with Crippen LogP contribution in [0, 0.1) is 0 Å². The maximum Gasteiger partial charge on any atom is 0.335 e. The second-order valence-electron chi connectivity index (χ2n) is 5.49. The summed E-state index contributed by atoms with van der Waals surface area (Å²) in [6, 6.07) is 8.81. The smallest absolute Gasteiger partial charge is 0.335 e. The molecule has 1 saturated carbocycles. The predicted octanol–water partition coefficient (Wildman–Crippen LogP) is 3.30. The van der Waals surface area contributed by atoms with Gasteiger partial charge in [-0.2, -0.15) is 0 Å². The van der Waals surface area contributed by atoms with Crippen molar-refractivity contribution in [3.63, 3.8) is 0 Å². The lowest BCUT2D eigenvalue weighted by molar-refractivity contribution is 0.0696. The Hall–Kier alpha value is -2.14. The zero-order chi connectivity index (χ0) is 15.5. The van der Waals surface area contributed by atoms with E-state index >= 15 is 0 Å². The molecule has 0 atom stereocenters. The highest BCUT2D eigenvalue weighted by molar-refractivity contribution is 7.12. The van der Waals surface area contributed by atoms with Crippen molar-refractivity contribution in [1.29, 1.82) is 0 Å². The van der Waals surface area contributed by atoms with Gasteiger partial charge in [0, 0.05) is 6.54 Å². The van der Waals surface area contributed by atoms with Crippen LogP contribution < -0.4 is 5.32 Å². The maximum atomic E-state index is 12.2. The third-order valence-electron chi connectivity index (χ3n) is 3.82. The highest BCUT2D eigenvalue weighted by Crippen LogP contribution is 2.43. The number of rotatable bonds is 6. The molecule has 1 amide bonds. The van der Waals surface area contributed by atoms with E-state index in [0.29, 0.717) is 18.9 Å². The Labute approximate surface area is 132 Å². The van der Waals surface area contributed by atoms with E-state index in [1.807, 2.05) is 5.38 Å². The molecular weight excluding hydrogens is 298 g/mol. The number of nitrogens with one attached hydrogen (secondary N) is 1. The Kier molecular flexibility index (Phi) is 4.24. The molecule has 1 fully saturated rings. The van der Waals surface area contributed by atoms with E-state index in [9.17, 15) is 9.59 Å². The van der Waals surface area contributed by atoms with Crippen molar-refractivity contribution >= 4 is 23.2 Å². The van der Waals surface area contributed by atoms with Crippen LogP contribution >= 0.6 is 11.3 Å². The van der Waals surface area contributed by atoms with E-state index in [0.717, 1.165) is 10.4 Å². The van der Waals surface area contributed by atoms with Gasteiger partial charge in [0.25, 0.3) is 5.91 Å². The molecule has 2 aromatic rings. The van der Waals surface area contributed by atoms with Gasteiger partial charge in [-0.05, 0) is 59.9 Å². The van der Waals surface area contributed by atoms with Crippen LogP contribution in [0.1, 0.15) is 49.9 Å². The van der Waals surface area contributed by atoms with Crippen LogP contribution in [0.15, 0.2) is 35.7 Å². The molecule has 1 aromatic carbocycles. The molecule has 0 aliphatic heterocycles. The normalized spacial score (nSPS) is 13.8. The summed E-state index contributed by atoms with van der Waals surface area (Å²) in [7, 11) is 0. The van der Waals surface area contributed by atoms with Crippen molar-refractivity contribution in [2.24, 2.45) is 0 Å². The number of benzene rings is 1. The van der Waals surface area contributed by atoms with Crippen molar-refractivity contribution in [2.75, 3.05) is 6.54 Å². The molecule has 5 heteroatoms. The Balaban J connectivity index is 1.53. The first-order valence-corrected chi connectivity index (χ1v) is 8.21. The molecule has 4 nitrogen and oxygen atoms in total. The third-order valence-corrected chi connectivity index (χ3v) is 4.75. The maximum absolute atomic E-state index is 12.2. The van der Waals surface area contributed by atoms with Crippen LogP contribution in [-0.2, 0) is 6.42 Å². The fraction of sp³-hybridized carbons (Fsp3) is 0.294. The van der Waals surface area contributed by atoms with Gasteiger partial charge in [-0.15, -0.1) is 11.3 Å². The highest BCUT2D eigenvalue weighted by Gasteiger charge is 2.28. The van der Waals surface area contributed by atoms with Crippen molar-refractivity contribution in [1.82, 2.24) is 5.32 Å². The van der Waals surface area contributed by atoms with Crippen molar-refractivity contribution in [2.45, 2.75) is 25.2 Å². The number of thiophene rings is 1. The zero-order valence-electron chi connectivity index (χ0n) is 12.0. The molecule has 1 aliphatic rings. The molecule has 2 N–H and O–H groups in total. The van der Waals surface area contributed by atoms with Gasteiger partial charge in [0.2, 0.25) is 0 Å². The molecule has 1 aromatic heterocycles. The lowest BCUT2D eigenvalue weighted by Crippen LogP contribution is -2.25. The van der Waals surface area contributed by atoms with Crippen LogP contribution in [0.3, 0.4) is 0 Å². The van der Waals surface area contributed by atoms with Crippen LogP contribution in [0.2, 0.25) is 0 Å². The molecule has 22 heavy (non-hydrogen) atoms. The first kappa shape index (κ1) is 14.8. The summed E-state index contributed by atoms with van der Waals surface area (Å²) in [5.74, 6) is -0.347. The van der Waals surface area contributed by atoms with Gasteiger partial charge in [-0.3, -0.25) is 4.79 Å². The summed E-state index contributed by atoms with van der Waals surface area (Å²) >= 11 is 1.50. The fourth-order valence-corrected chi connectivity index (χ4v) is 3.33. The Morgan fingerprint density at radius 3 is 2.55 bits per heavy atom. The quantitative estimate of drug-likeness (QED) is 0.859. The SMILES string of the molecule is O=C(O)c1ccc(CCNC(=O)c2sccc2C2CC2)cc1. The zero-order valence-corrected chi connectivity index (χ0v) is 12.9. The number of carboxylic acids is 1. The molecule has 0 bridgehead atoms. The van der Waals surface area contributed by atoms with E-state index in [1.165, 1.54) is 29.7 Å². The number of carboxylic acid groups (broad SMARTS) is 1. The van der Waals surface area contributed by atoms with Crippen LogP contribution in [0.5, 0.6) is 0 Å². The fourth-order valence-electron chi connectivity index (χ4n) is 2.43. The summed E-state index contributed by atoms with van der Waals surface area (Å²) in [4.78, 5) is 23.8. The molecule has 0 saturated heterocycles. The minimum absolute atomic E-state index is 0.000874. The minimum Gasteiger partial charge on any atom is -0.478 e. The number of aromatic carboxylic acids is 1. The number of carbonyl (C=O) groups is 2. The van der Waals surface area contributed by atoms with Crippen LogP contribution in [0.25, 0.3) is 0 Å². The van der Waals surface area contributed by atoms with E-state index in [4.69, 9.17) is 5.11 Å². The average Bonchev–Trinajstić information content (AvgIpc) is 3.24. The Morgan fingerprint density at radius 2 is 1.91 bits per heavy atom. The topological polar surface area (TPSA) is 66.4 Å². The summed E-state index contributed by atoms with van der Waals surface area (Å²) in [6.07, 6.45) is 3.07. The van der Waals surface area contributed by atoms with E-state index in [1.54, 1.807) is 24.3 Å². The molecule has 0 radical (unpaired) electrons. The molecular formula is C17H17NO3S. The van der Waals surface area contributed by atoms with Gasteiger partial charge in [0.1, 0.15) is 0 Å². The highest BCUT2D eigenvalue weighted by atomic mass is 32.1. The summed E-state index contributed by atoms with van der Waals surface area (Å²) in [5.41, 5.74) is 2.48. The molecule has 3 rings (SSSR count). The monoisotopic (exact) mass is 315 g/mol. The van der Waals surface area contributed by atoms with Crippen molar-refractivity contribution < 1.29 is 14.7 Å². The molecule has 0 unspecified atom stereocenters. The van der Waals surface area contributed by atoms with Crippen LogP contribution in [0.4, 0.5) is 0 Å². The molecule has 1 aliphatic carbocycles. The second kappa shape index (κ2) is 6.32. The summed E-state index contributed by atoms with van der Waals surface area (Å²) in [6.45, 7) is 0.549. The van der Waals surface area contributed by atoms with Crippen LogP contribution in [-0.4, -0.2) is 23.5 Å². The van der Waals surface area contributed by atoms with Gasteiger partial charge >= 0.3 is 5.97 Å². The number of carbonyl (C=O) groups excluding carboxylic acids is 1. The largest absolute Gasteiger partial charge is 0.478 e. The van der Waals surface area contributed by atoms with Crippen molar-refractivity contribution in [3.8, 4) is 0 Å². The molecule has 114 valence electrons. The summed E-state index contributed by atoms with van der Waals surface area (Å²) < 4.78 is 0. The first-order valence-electron chi connectivity index (χ1n) is 7.33. The summed E-state index contributed by atoms with van der Waals surface area (Å²) in [5, 5.41) is 13.8. The molecule has 0 spiro atoms. The van der Waals surface area contributed by atoms with E-state index in [2.05, 4.69) is 11.4 Å². The van der Waals surface area contributed by atoms with Gasteiger partial charge in [-0.1, -0.05) is 12.1 Å². The van der Waals surface area contributed by atoms with E-state index in [-0.39, 0.29) is 11.5 Å². The van der Waals surface area contributed by atoms with E-state index < -0.39 is 5.97 Å². The number of amides is 1. The van der Waals surface area contributed by atoms with Gasteiger partial charge in [-0.25, -0.2) is 4.79 Å².